The molecular weight excluding hydrogens is 1170 g/mol. The highest BCUT2D eigenvalue weighted by Gasteiger charge is 2.22. The van der Waals surface area contributed by atoms with E-state index in [1.165, 1.54) is 360 Å². The number of ether oxygens (including phenoxy) is 4. The van der Waals surface area contributed by atoms with Crippen LogP contribution in [-0.2, 0) is 33.3 Å². The van der Waals surface area contributed by atoms with Crippen LogP contribution in [0.5, 0.6) is 0 Å². The van der Waals surface area contributed by atoms with Gasteiger partial charge in [-0.3, -0.25) is 9.59 Å². The summed E-state index contributed by atoms with van der Waals surface area (Å²) in [6, 6.07) is 0. The minimum Gasteiger partial charge on any atom is -0.545 e. The molecule has 0 saturated heterocycles. The molecule has 0 N–H and O–H groups in total. The summed E-state index contributed by atoms with van der Waals surface area (Å²) in [5.74, 6) is -2.24. The largest absolute Gasteiger partial charge is 0.545 e. The van der Waals surface area contributed by atoms with E-state index < -0.39 is 24.3 Å². The summed E-state index contributed by atoms with van der Waals surface area (Å²) in [7, 11) is 5.96. The van der Waals surface area contributed by atoms with E-state index in [9.17, 15) is 19.5 Å². The van der Waals surface area contributed by atoms with Crippen molar-refractivity contribution in [1.82, 2.24) is 0 Å². The lowest BCUT2D eigenvalue weighted by Gasteiger charge is -2.26. The summed E-state index contributed by atoms with van der Waals surface area (Å²) in [4.78, 5) is 37.6. The van der Waals surface area contributed by atoms with Crippen molar-refractivity contribution in [2.75, 3.05) is 47.5 Å². The molecule has 0 saturated carbocycles. The number of esters is 2. The number of carboxylic acid groups (broad SMARTS) is 1. The highest BCUT2D eigenvalue weighted by molar-refractivity contribution is 5.70. The summed E-state index contributed by atoms with van der Waals surface area (Å²) in [6.07, 6.45) is 97.2. The summed E-state index contributed by atoms with van der Waals surface area (Å²) in [5, 5.41) is 11.9. The predicted octanol–water partition coefficient (Wildman–Crippen LogP) is 25.7. The summed E-state index contributed by atoms with van der Waals surface area (Å²) in [6.45, 7) is 4.83. The fourth-order valence-corrected chi connectivity index (χ4v) is 13.0. The lowest BCUT2D eigenvalue weighted by molar-refractivity contribution is -0.870. The number of carbonyl (C=O) groups excluding carboxylic acids is 3. The number of quaternary nitrogens is 1. The van der Waals surface area contributed by atoms with E-state index in [-0.39, 0.29) is 32.2 Å². The molecule has 0 aliphatic carbocycles. The SMILES string of the molecule is CCCCCCC/C=C\C/C=C\C/C=C\CCCCCCCCCCCCCCCCCCCCCCCCCCCCC(=O)OC(COC(=O)CCCCCCCCCCCCCCCCCCCCCCCCCCCCCCC)COC(OCC[N+](C)(C)C)C(=O)[O-]. The topological polar surface area (TPSA) is 111 Å². The van der Waals surface area contributed by atoms with Crippen LogP contribution in [0.1, 0.15) is 438 Å². The number of carbonyl (C=O) groups is 3. The van der Waals surface area contributed by atoms with Crippen LogP contribution in [0.3, 0.4) is 0 Å². The molecule has 2 unspecified atom stereocenters. The van der Waals surface area contributed by atoms with Crippen molar-refractivity contribution in [1.29, 1.82) is 0 Å². The molecule has 0 heterocycles. The van der Waals surface area contributed by atoms with E-state index in [2.05, 4.69) is 50.3 Å². The Labute approximate surface area is 591 Å². The Hall–Kier alpha value is -2.49. The fourth-order valence-electron chi connectivity index (χ4n) is 13.0. The summed E-state index contributed by atoms with van der Waals surface area (Å²) in [5.41, 5.74) is 0. The minimum atomic E-state index is -1.62. The van der Waals surface area contributed by atoms with Crippen LogP contribution in [0.4, 0.5) is 0 Å². The number of carboxylic acids is 1. The van der Waals surface area contributed by atoms with Gasteiger partial charge in [0.2, 0.25) is 0 Å². The Morgan fingerprint density at radius 3 is 0.842 bits per heavy atom. The van der Waals surface area contributed by atoms with Gasteiger partial charge in [-0.25, -0.2) is 0 Å². The average Bonchev–Trinajstić information content (AvgIpc) is 3.54. The molecule has 0 aliphatic rings. The second-order valence-electron chi connectivity index (χ2n) is 30.1. The van der Waals surface area contributed by atoms with Crippen molar-refractivity contribution in [2.24, 2.45) is 0 Å². The van der Waals surface area contributed by atoms with Gasteiger partial charge in [0.05, 0.1) is 40.3 Å². The van der Waals surface area contributed by atoms with Crippen molar-refractivity contribution in [2.45, 2.75) is 450 Å². The second-order valence-corrected chi connectivity index (χ2v) is 30.1. The third-order valence-electron chi connectivity index (χ3n) is 19.4. The van der Waals surface area contributed by atoms with Crippen molar-refractivity contribution in [3.05, 3.63) is 36.5 Å². The summed E-state index contributed by atoms with van der Waals surface area (Å²) < 4.78 is 22.9. The van der Waals surface area contributed by atoms with Gasteiger partial charge in [-0.15, -0.1) is 0 Å². The molecule has 0 spiro atoms. The number of nitrogens with zero attached hydrogens (tertiary/aromatic N) is 1. The van der Waals surface area contributed by atoms with Crippen LogP contribution >= 0.6 is 0 Å². The molecule has 0 radical (unpaired) electrons. The van der Waals surface area contributed by atoms with Gasteiger partial charge in [0.15, 0.2) is 12.4 Å². The first-order valence-electron chi connectivity index (χ1n) is 42.1. The first-order valence-corrected chi connectivity index (χ1v) is 42.1. The van der Waals surface area contributed by atoms with Gasteiger partial charge in [0.1, 0.15) is 13.2 Å². The molecule has 0 amide bonds. The Bertz CT molecular complexity index is 1650. The first kappa shape index (κ1) is 92.5. The van der Waals surface area contributed by atoms with Crippen molar-refractivity contribution < 1.29 is 42.9 Å². The third kappa shape index (κ3) is 78.7. The van der Waals surface area contributed by atoms with E-state index >= 15 is 0 Å². The van der Waals surface area contributed by atoms with Crippen LogP contribution < -0.4 is 5.11 Å². The van der Waals surface area contributed by atoms with Gasteiger partial charge in [0, 0.05) is 12.8 Å². The van der Waals surface area contributed by atoms with Crippen LogP contribution in [0.2, 0.25) is 0 Å². The molecule has 0 aliphatic heterocycles. The fraction of sp³-hybridized carbons (Fsp3) is 0.895. The molecule has 95 heavy (non-hydrogen) atoms. The van der Waals surface area contributed by atoms with Gasteiger partial charge < -0.3 is 33.3 Å². The van der Waals surface area contributed by atoms with Gasteiger partial charge in [-0.1, -0.05) is 410 Å². The van der Waals surface area contributed by atoms with Gasteiger partial charge in [0.25, 0.3) is 0 Å². The molecule has 0 aromatic carbocycles. The number of likely N-dealkylation sites (N-methyl/N-ethyl adjacent to an activating group) is 1. The van der Waals surface area contributed by atoms with Gasteiger partial charge in [-0.2, -0.15) is 0 Å². The molecule has 560 valence electrons. The Balaban J connectivity index is 3.92. The molecular formula is C86H163NO8. The van der Waals surface area contributed by atoms with Crippen molar-refractivity contribution in [3.63, 3.8) is 0 Å². The quantitative estimate of drug-likeness (QED) is 0.0195. The Morgan fingerprint density at radius 2 is 0.568 bits per heavy atom. The van der Waals surface area contributed by atoms with E-state index in [1.54, 1.807) is 0 Å². The molecule has 9 heteroatoms. The maximum absolute atomic E-state index is 13.0. The number of rotatable bonds is 80. The van der Waals surface area contributed by atoms with Crippen LogP contribution in [0.25, 0.3) is 0 Å². The zero-order valence-corrected chi connectivity index (χ0v) is 64.3. The van der Waals surface area contributed by atoms with Crippen molar-refractivity contribution in [3.8, 4) is 0 Å². The molecule has 0 fully saturated rings. The highest BCUT2D eigenvalue weighted by Crippen LogP contribution is 2.20. The minimum absolute atomic E-state index is 0.152. The van der Waals surface area contributed by atoms with E-state index in [1.807, 2.05) is 21.1 Å². The zero-order valence-electron chi connectivity index (χ0n) is 64.3. The molecule has 0 aromatic rings. The average molecular weight is 1340 g/mol. The first-order chi connectivity index (χ1) is 46.6. The number of hydrogen-bond donors (Lipinski definition) is 0. The molecule has 2 atom stereocenters. The number of unbranched alkanes of at least 4 members (excludes halogenated alkanes) is 59. The van der Waals surface area contributed by atoms with E-state index in [0.29, 0.717) is 17.4 Å². The highest BCUT2D eigenvalue weighted by atomic mass is 16.7. The van der Waals surface area contributed by atoms with Gasteiger partial charge in [-0.05, 0) is 51.4 Å². The number of hydrogen-bond acceptors (Lipinski definition) is 8. The van der Waals surface area contributed by atoms with Gasteiger partial charge >= 0.3 is 11.9 Å². The Morgan fingerprint density at radius 1 is 0.316 bits per heavy atom. The second kappa shape index (κ2) is 77.3. The monoisotopic (exact) mass is 1340 g/mol. The van der Waals surface area contributed by atoms with Crippen LogP contribution in [0, 0.1) is 0 Å². The maximum Gasteiger partial charge on any atom is 0.306 e. The van der Waals surface area contributed by atoms with Crippen LogP contribution in [0.15, 0.2) is 36.5 Å². The predicted molar refractivity (Wildman–Crippen MR) is 408 cm³/mol. The smallest absolute Gasteiger partial charge is 0.306 e. The van der Waals surface area contributed by atoms with E-state index in [4.69, 9.17) is 18.9 Å². The summed E-state index contributed by atoms with van der Waals surface area (Å²) >= 11 is 0. The maximum atomic E-state index is 13.0. The molecule has 9 nitrogen and oxygen atoms in total. The lowest BCUT2D eigenvalue weighted by atomic mass is 10.0. The van der Waals surface area contributed by atoms with Crippen LogP contribution in [-0.4, -0.2) is 82.3 Å². The van der Waals surface area contributed by atoms with Crippen molar-refractivity contribution >= 4 is 17.9 Å². The third-order valence-corrected chi connectivity index (χ3v) is 19.4. The molecule has 0 aromatic heterocycles. The molecule has 0 rings (SSSR count). The Kier molecular flexibility index (Phi) is 75.2. The normalized spacial score (nSPS) is 12.7. The number of aliphatic carboxylic acids is 1. The molecule has 0 bridgehead atoms. The van der Waals surface area contributed by atoms with E-state index in [0.717, 1.165) is 51.4 Å². The zero-order chi connectivity index (χ0) is 69.0. The lowest BCUT2D eigenvalue weighted by Crippen LogP contribution is -2.44. The standard InChI is InChI=1S/C86H163NO8/c1-6-8-10-12-14-16-18-20-22-24-26-28-30-32-34-36-37-38-39-40-41-42-43-44-45-46-47-49-51-53-55-57-59-61-63-65-67-69-71-73-75-77-84(89)95-82(81-94-86(85(90)91)92-79-78-87(3,4)5)80-93-83(88)76-74-72-70-68-66-64-62-60-58-56-54-52-50-48-35-33-31-29-27-25-23-21-19-17-15-13-11-9-7-2/h18,20,24,26,30,32,82,86H,6-17,19,21-23,25,27-29,31,33-81H2,1-5H3/b20-18-,26-24-,32-30-. The number of allylic oxidation sites excluding steroid dienone is 6.